The van der Waals surface area contributed by atoms with Gasteiger partial charge >= 0.3 is 25.2 Å². The Morgan fingerprint density at radius 2 is 1.36 bits per heavy atom. The molecule has 0 spiro atoms. The van der Waals surface area contributed by atoms with Gasteiger partial charge in [-0.15, -0.1) is 15.0 Å². The standard InChI is InChI=1S/C13H23N4O3.BF4/c1-4-17(7-9-18-10-8-17)11-14-12(19-5-2)16-13(15-11)20-6-3;2-1(3,4)5/h4-10H2,1-3H3;/q+1;-1. The summed E-state index contributed by atoms with van der Waals surface area (Å²) in [6.45, 7) is 11.0. The molecule has 0 saturated carbocycles. The molecule has 144 valence electrons. The Kier molecular flexibility index (Phi) is 8.29. The van der Waals surface area contributed by atoms with Gasteiger partial charge in [-0.25, -0.2) is 0 Å². The average molecular weight is 370 g/mol. The molecular weight excluding hydrogens is 347 g/mol. The van der Waals surface area contributed by atoms with Crippen molar-refractivity contribution in [3.63, 3.8) is 0 Å². The third-order valence-corrected chi connectivity index (χ3v) is 3.49. The second-order valence-electron chi connectivity index (χ2n) is 5.08. The quantitative estimate of drug-likeness (QED) is 0.435. The Bertz CT molecular complexity index is 500. The molecule has 1 aliphatic heterocycles. The Hall–Kier alpha value is -1.69. The van der Waals surface area contributed by atoms with Crippen LogP contribution in [0.1, 0.15) is 20.8 Å². The third-order valence-electron chi connectivity index (χ3n) is 3.49. The zero-order chi connectivity index (χ0) is 18.9. The van der Waals surface area contributed by atoms with Gasteiger partial charge < -0.3 is 31.5 Å². The zero-order valence-electron chi connectivity index (χ0n) is 14.6. The molecule has 0 unspecified atom stereocenters. The van der Waals surface area contributed by atoms with E-state index in [1.54, 1.807) is 0 Å². The molecule has 1 aliphatic rings. The van der Waals surface area contributed by atoms with Gasteiger partial charge in [0.2, 0.25) is 0 Å². The Labute approximate surface area is 144 Å². The van der Waals surface area contributed by atoms with Crippen LogP contribution in [0.5, 0.6) is 12.0 Å². The molecule has 0 aliphatic carbocycles. The summed E-state index contributed by atoms with van der Waals surface area (Å²) in [5.74, 6) is 0.706. The highest BCUT2D eigenvalue weighted by Crippen LogP contribution is 2.24. The van der Waals surface area contributed by atoms with Crippen LogP contribution in [-0.2, 0) is 4.74 Å². The van der Waals surface area contributed by atoms with Crippen LogP contribution in [0.15, 0.2) is 0 Å². The third kappa shape index (κ3) is 7.38. The lowest BCUT2D eigenvalue weighted by Gasteiger charge is -2.37. The predicted molar refractivity (Wildman–Crippen MR) is 85.2 cm³/mol. The Morgan fingerprint density at radius 3 is 1.72 bits per heavy atom. The minimum Gasteiger partial charge on any atom is -0.463 e. The summed E-state index contributed by atoms with van der Waals surface area (Å²) in [6.07, 6.45) is 0. The number of ether oxygens (including phenoxy) is 3. The number of halogens is 4. The van der Waals surface area contributed by atoms with Gasteiger partial charge in [0, 0.05) is 0 Å². The van der Waals surface area contributed by atoms with Gasteiger partial charge in [-0.3, -0.25) is 4.48 Å². The van der Waals surface area contributed by atoms with Gasteiger partial charge in [0.25, 0.3) is 0 Å². The van der Waals surface area contributed by atoms with Crippen LogP contribution in [-0.4, -0.2) is 68.3 Å². The maximum absolute atomic E-state index is 9.75. The molecule has 7 nitrogen and oxygen atoms in total. The Morgan fingerprint density at radius 1 is 0.920 bits per heavy atom. The molecule has 0 bridgehead atoms. The summed E-state index contributed by atoms with van der Waals surface area (Å²) in [5, 5.41) is 0. The van der Waals surface area contributed by atoms with E-state index in [2.05, 4.69) is 21.9 Å². The van der Waals surface area contributed by atoms with E-state index in [-0.39, 0.29) is 0 Å². The fourth-order valence-electron chi connectivity index (χ4n) is 2.28. The van der Waals surface area contributed by atoms with Gasteiger partial charge in [0.1, 0.15) is 13.1 Å². The summed E-state index contributed by atoms with van der Waals surface area (Å²) in [7, 11) is -6.00. The molecule has 12 heteroatoms. The van der Waals surface area contributed by atoms with Crippen molar-refractivity contribution in [2.75, 3.05) is 46.1 Å². The van der Waals surface area contributed by atoms with Crippen LogP contribution >= 0.6 is 0 Å². The molecule has 2 heterocycles. The number of hydrogen-bond acceptors (Lipinski definition) is 6. The average Bonchev–Trinajstić information content (AvgIpc) is 2.54. The lowest BCUT2D eigenvalue weighted by molar-refractivity contribution is 0.0390. The molecule has 0 atom stereocenters. The number of rotatable bonds is 6. The first-order chi connectivity index (χ1) is 11.7. The Balaban J connectivity index is 0.000000550. The van der Waals surface area contributed by atoms with Crippen molar-refractivity contribution in [2.45, 2.75) is 20.8 Å². The van der Waals surface area contributed by atoms with Crippen LogP contribution in [0.3, 0.4) is 0 Å². The first-order valence-electron chi connectivity index (χ1n) is 8.07. The summed E-state index contributed by atoms with van der Waals surface area (Å²) in [4.78, 5) is 13.1. The van der Waals surface area contributed by atoms with Crippen molar-refractivity contribution >= 4 is 13.2 Å². The smallest absolute Gasteiger partial charge is 0.463 e. The predicted octanol–water partition coefficient (Wildman–Crippen LogP) is 2.33. The molecule has 0 N–H and O–H groups in total. The van der Waals surface area contributed by atoms with E-state index >= 15 is 0 Å². The van der Waals surface area contributed by atoms with Crippen LogP contribution < -0.4 is 14.0 Å². The number of morpholine rings is 1. The molecule has 1 aromatic heterocycles. The normalized spacial score (nSPS) is 16.6. The molecule has 25 heavy (non-hydrogen) atoms. The second-order valence-corrected chi connectivity index (χ2v) is 5.08. The molecule has 1 aromatic rings. The van der Waals surface area contributed by atoms with E-state index in [9.17, 15) is 17.3 Å². The van der Waals surface area contributed by atoms with Gasteiger partial charge in [0.15, 0.2) is 0 Å². The molecule has 1 saturated heterocycles. The minimum absolute atomic E-state index is 0.332. The SMILES string of the molecule is CCOc1nc(OCC)nc([N+]2(CC)CCOCC2)n1.F[B-](F)(F)F. The first-order valence-corrected chi connectivity index (χ1v) is 8.07. The minimum atomic E-state index is -6.00. The van der Waals surface area contributed by atoms with E-state index in [4.69, 9.17) is 14.2 Å². The van der Waals surface area contributed by atoms with Crippen LogP contribution in [0.2, 0.25) is 0 Å². The highest BCUT2D eigenvalue weighted by Gasteiger charge is 2.35. The van der Waals surface area contributed by atoms with Crippen LogP contribution in [0.25, 0.3) is 0 Å². The highest BCUT2D eigenvalue weighted by atomic mass is 19.5. The van der Waals surface area contributed by atoms with Gasteiger partial charge in [-0.05, 0) is 20.8 Å². The number of quaternary nitrogens is 1. The number of likely N-dealkylation sites (N-methyl/N-ethyl adjacent to an activating group) is 1. The topological polar surface area (TPSA) is 66.4 Å². The number of hydrogen-bond donors (Lipinski definition) is 0. The first kappa shape index (κ1) is 21.4. The summed E-state index contributed by atoms with van der Waals surface area (Å²) in [5.41, 5.74) is 0. The van der Waals surface area contributed by atoms with Crippen LogP contribution in [0.4, 0.5) is 23.2 Å². The van der Waals surface area contributed by atoms with Crippen molar-refractivity contribution in [3.05, 3.63) is 0 Å². The van der Waals surface area contributed by atoms with Crippen molar-refractivity contribution in [1.82, 2.24) is 19.4 Å². The van der Waals surface area contributed by atoms with E-state index in [0.717, 1.165) is 19.6 Å². The van der Waals surface area contributed by atoms with Crippen molar-refractivity contribution in [1.29, 1.82) is 0 Å². The van der Waals surface area contributed by atoms with Gasteiger partial charge in [-0.1, -0.05) is 0 Å². The van der Waals surface area contributed by atoms with Crippen molar-refractivity contribution < 1.29 is 31.5 Å². The largest absolute Gasteiger partial charge is 0.673 e. The molecule has 0 aromatic carbocycles. The fraction of sp³-hybridized carbons (Fsp3) is 0.769. The molecular formula is C13H23BF4N4O3. The number of aromatic nitrogens is 3. The molecule has 2 rings (SSSR count). The lowest BCUT2D eigenvalue weighted by atomic mass is 10.3. The number of nitrogens with zero attached hydrogens (tertiary/aromatic N) is 4. The maximum Gasteiger partial charge on any atom is 0.673 e. The molecule has 1 fully saturated rings. The molecule has 0 amide bonds. The van der Waals surface area contributed by atoms with Crippen molar-refractivity contribution in [2.24, 2.45) is 0 Å². The summed E-state index contributed by atoms with van der Waals surface area (Å²) >= 11 is 0. The van der Waals surface area contributed by atoms with Crippen molar-refractivity contribution in [3.8, 4) is 12.0 Å². The van der Waals surface area contributed by atoms with E-state index in [0.29, 0.717) is 48.9 Å². The molecule has 0 radical (unpaired) electrons. The van der Waals surface area contributed by atoms with E-state index in [1.807, 2.05) is 13.8 Å². The summed E-state index contributed by atoms with van der Waals surface area (Å²) in [6, 6.07) is 0.664. The monoisotopic (exact) mass is 370 g/mol. The zero-order valence-corrected chi connectivity index (χ0v) is 14.6. The van der Waals surface area contributed by atoms with E-state index < -0.39 is 7.25 Å². The lowest BCUT2D eigenvalue weighted by Crippen LogP contribution is -2.57. The maximum atomic E-state index is 9.75. The fourth-order valence-corrected chi connectivity index (χ4v) is 2.28. The highest BCUT2D eigenvalue weighted by molar-refractivity contribution is 6.50. The second kappa shape index (κ2) is 9.71. The van der Waals surface area contributed by atoms with Gasteiger partial charge in [0.05, 0.1) is 33.0 Å². The van der Waals surface area contributed by atoms with E-state index in [1.165, 1.54) is 0 Å². The van der Waals surface area contributed by atoms with Crippen LogP contribution in [0, 0.1) is 0 Å². The van der Waals surface area contributed by atoms with Gasteiger partial charge in [-0.2, -0.15) is 0 Å². The summed E-state index contributed by atoms with van der Waals surface area (Å²) < 4.78 is 56.0.